The lowest BCUT2D eigenvalue weighted by molar-refractivity contribution is -0.127. The molecule has 0 saturated carbocycles. The zero-order valence-corrected chi connectivity index (χ0v) is 11.3. The summed E-state index contributed by atoms with van der Waals surface area (Å²) in [7, 11) is 3.46. The van der Waals surface area contributed by atoms with E-state index >= 15 is 0 Å². The molecule has 5 nitrogen and oxygen atoms in total. The van der Waals surface area contributed by atoms with Gasteiger partial charge in [0.1, 0.15) is 5.52 Å². The van der Waals surface area contributed by atoms with Gasteiger partial charge in [-0.05, 0) is 25.1 Å². The van der Waals surface area contributed by atoms with E-state index in [9.17, 15) is 4.79 Å². The molecule has 0 fully saturated rings. The van der Waals surface area contributed by atoms with Gasteiger partial charge in [0.05, 0.1) is 5.25 Å². The largest absolute Gasteiger partial charge is 0.431 e. The molecule has 1 aromatic heterocycles. The molecule has 1 unspecified atom stereocenters. The van der Waals surface area contributed by atoms with Gasteiger partial charge >= 0.3 is 0 Å². The van der Waals surface area contributed by atoms with Crippen LogP contribution in [0.3, 0.4) is 0 Å². The molecule has 1 heterocycles. The Kier molecular flexibility index (Phi) is 3.47. The lowest BCUT2D eigenvalue weighted by Crippen LogP contribution is -2.29. The summed E-state index contributed by atoms with van der Waals surface area (Å²) in [6.07, 6.45) is 0. The molecule has 96 valence electrons. The number of hydrogen-bond donors (Lipinski definition) is 1. The Morgan fingerprint density at radius 2 is 2.22 bits per heavy atom. The van der Waals surface area contributed by atoms with Gasteiger partial charge < -0.3 is 15.1 Å². The quantitative estimate of drug-likeness (QED) is 0.678. The molecule has 0 radical (unpaired) electrons. The summed E-state index contributed by atoms with van der Waals surface area (Å²) in [6.45, 7) is 1.83. The van der Waals surface area contributed by atoms with E-state index in [0.717, 1.165) is 0 Å². The van der Waals surface area contributed by atoms with E-state index in [1.54, 1.807) is 37.2 Å². The molecule has 2 N–H and O–H groups in total. The van der Waals surface area contributed by atoms with Gasteiger partial charge in [0.2, 0.25) is 5.91 Å². The second-order valence-corrected chi connectivity index (χ2v) is 5.49. The maximum Gasteiger partial charge on any atom is 0.257 e. The minimum atomic E-state index is -0.231. The Balaban J connectivity index is 2.19. The first-order valence-electron chi connectivity index (χ1n) is 5.51. The summed E-state index contributed by atoms with van der Waals surface area (Å²) in [5.41, 5.74) is 7.70. The minimum absolute atomic E-state index is 0.0294. The molecule has 0 aliphatic rings. The van der Waals surface area contributed by atoms with Crippen molar-refractivity contribution in [2.75, 3.05) is 19.8 Å². The second kappa shape index (κ2) is 4.89. The first-order valence-corrected chi connectivity index (χ1v) is 6.39. The number of rotatable bonds is 3. The highest BCUT2D eigenvalue weighted by atomic mass is 32.2. The molecule has 2 aromatic rings. The third-order valence-corrected chi connectivity index (χ3v) is 3.39. The topological polar surface area (TPSA) is 72.4 Å². The van der Waals surface area contributed by atoms with E-state index in [2.05, 4.69) is 4.98 Å². The monoisotopic (exact) mass is 265 g/mol. The number of carbonyl (C=O) groups excluding carboxylic acids is 1. The number of nitrogens with zero attached hydrogens (tertiary/aromatic N) is 2. The number of hydrogen-bond acceptors (Lipinski definition) is 5. The Morgan fingerprint density at radius 1 is 1.50 bits per heavy atom. The molecule has 1 amide bonds. The summed E-state index contributed by atoms with van der Waals surface area (Å²) in [5.74, 6) is 0.0294. The maximum atomic E-state index is 11.7. The molecule has 1 atom stereocenters. The van der Waals surface area contributed by atoms with Gasteiger partial charge in [0.25, 0.3) is 5.22 Å². The molecular formula is C12H15N3O2S. The number of amides is 1. The number of aromatic nitrogens is 1. The number of benzene rings is 1. The van der Waals surface area contributed by atoms with Gasteiger partial charge in [-0.3, -0.25) is 4.79 Å². The molecule has 1 aromatic carbocycles. The average molecular weight is 265 g/mol. The van der Waals surface area contributed by atoms with Gasteiger partial charge in [-0.15, -0.1) is 0 Å². The van der Waals surface area contributed by atoms with E-state index < -0.39 is 0 Å². The van der Waals surface area contributed by atoms with Crippen LogP contribution in [-0.4, -0.2) is 35.1 Å². The van der Waals surface area contributed by atoms with E-state index in [-0.39, 0.29) is 11.2 Å². The van der Waals surface area contributed by atoms with Crippen LogP contribution in [0.15, 0.2) is 27.8 Å². The van der Waals surface area contributed by atoms with Crippen LogP contribution in [0.5, 0.6) is 0 Å². The number of anilines is 1. The summed E-state index contributed by atoms with van der Waals surface area (Å²) >= 11 is 1.30. The van der Waals surface area contributed by atoms with Crippen molar-refractivity contribution in [3.63, 3.8) is 0 Å². The van der Waals surface area contributed by atoms with E-state index in [1.165, 1.54) is 11.8 Å². The van der Waals surface area contributed by atoms with Crippen LogP contribution >= 0.6 is 11.8 Å². The van der Waals surface area contributed by atoms with Crippen molar-refractivity contribution < 1.29 is 9.21 Å². The van der Waals surface area contributed by atoms with Crippen molar-refractivity contribution in [3.05, 3.63) is 18.2 Å². The lowest BCUT2D eigenvalue weighted by Gasteiger charge is -2.14. The summed E-state index contributed by atoms with van der Waals surface area (Å²) in [6, 6.07) is 5.29. The molecule has 0 spiro atoms. The van der Waals surface area contributed by atoms with E-state index in [4.69, 9.17) is 10.2 Å². The Hall–Kier alpha value is -1.69. The van der Waals surface area contributed by atoms with Crippen molar-refractivity contribution in [2.45, 2.75) is 17.4 Å². The fourth-order valence-corrected chi connectivity index (χ4v) is 2.44. The van der Waals surface area contributed by atoms with Crippen LogP contribution in [-0.2, 0) is 4.79 Å². The molecule has 18 heavy (non-hydrogen) atoms. The number of fused-ring (bicyclic) bond motifs is 1. The van der Waals surface area contributed by atoms with Crippen LogP contribution in [0, 0.1) is 0 Å². The van der Waals surface area contributed by atoms with Crippen LogP contribution in [0.2, 0.25) is 0 Å². The second-order valence-electron chi connectivity index (χ2n) is 4.20. The molecular weight excluding hydrogens is 250 g/mol. The van der Waals surface area contributed by atoms with Gasteiger partial charge in [0.15, 0.2) is 5.58 Å². The highest BCUT2D eigenvalue weighted by molar-refractivity contribution is 8.00. The van der Waals surface area contributed by atoms with Crippen LogP contribution in [0.1, 0.15) is 6.92 Å². The third kappa shape index (κ3) is 2.59. The fraction of sp³-hybridized carbons (Fsp3) is 0.333. The number of oxazole rings is 1. The number of thioether (sulfide) groups is 1. The third-order valence-electron chi connectivity index (χ3n) is 2.46. The van der Waals surface area contributed by atoms with Crippen molar-refractivity contribution >= 4 is 34.5 Å². The number of nitrogen functional groups attached to an aromatic ring is 1. The summed E-state index contributed by atoms with van der Waals surface area (Å²) in [5, 5.41) is 0.253. The lowest BCUT2D eigenvalue weighted by atomic mass is 10.3. The van der Waals surface area contributed by atoms with Crippen LogP contribution < -0.4 is 5.73 Å². The van der Waals surface area contributed by atoms with Gasteiger partial charge in [-0.1, -0.05) is 11.8 Å². The highest BCUT2D eigenvalue weighted by Crippen LogP contribution is 2.28. The predicted octanol–water partition coefficient (Wildman–Crippen LogP) is 1.98. The van der Waals surface area contributed by atoms with Gasteiger partial charge in [0, 0.05) is 19.8 Å². The van der Waals surface area contributed by atoms with E-state index in [1.807, 2.05) is 6.92 Å². The standard InChI is InChI=1S/C12H15N3O2S/c1-7(11(16)15(2)3)18-12-14-9-6-8(13)4-5-10(9)17-12/h4-7H,13H2,1-3H3. The van der Waals surface area contributed by atoms with E-state index in [0.29, 0.717) is 22.0 Å². The molecule has 0 bridgehead atoms. The predicted molar refractivity (Wildman–Crippen MR) is 72.4 cm³/mol. The molecule has 6 heteroatoms. The number of carbonyl (C=O) groups is 1. The van der Waals surface area contributed by atoms with Crippen LogP contribution in [0.4, 0.5) is 5.69 Å². The van der Waals surface area contributed by atoms with Crippen LogP contribution in [0.25, 0.3) is 11.1 Å². The van der Waals surface area contributed by atoms with Crippen molar-refractivity contribution in [1.82, 2.24) is 9.88 Å². The normalized spacial score (nSPS) is 12.6. The SMILES string of the molecule is CC(Sc1nc2cc(N)ccc2o1)C(=O)N(C)C. The molecule has 0 aliphatic heterocycles. The Bertz CT molecular complexity index is 580. The highest BCUT2D eigenvalue weighted by Gasteiger charge is 2.19. The first-order chi connectivity index (χ1) is 8.47. The Labute approximate surface area is 109 Å². The Morgan fingerprint density at radius 3 is 2.89 bits per heavy atom. The smallest absolute Gasteiger partial charge is 0.257 e. The summed E-state index contributed by atoms with van der Waals surface area (Å²) in [4.78, 5) is 17.6. The van der Waals surface area contributed by atoms with Crippen molar-refractivity contribution in [3.8, 4) is 0 Å². The van der Waals surface area contributed by atoms with Gasteiger partial charge in [-0.25, -0.2) is 4.98 Å². The molecule has 0 saturated heterocycles. The fourth-order valence-electron chi connectivity index (χ4n) is 1.54. The molecule has 2 rings (SSSR count). The summed E-state index contributed by atoms with van der Waals surface area (Å²) < 4.78 is 5.55. The molecule has 0 aliphatic carbocycles. The van der Waals surface area contributed by atoms with Gasteiger partial charge in [-0.2, -0.15) is 0 Å². The van der Waals surface area contributed by atoms with Crippen molar-refractivity contribution in [2.24, 2.45) is 0 Å². The minimum Gasteiger partial charge on any atom is -0.431 e. The zero-order valence-electron chi connectivity index (χ0n) is 10.5. The number of nitrogens with two attached hydrogens (primary N) is 1. The first kappa shape index (κ1) is 12.8. The maximum absolute atomic E-state index is 11.7. The average Bonchev–Trinajstić information content (AvgIpc) is 2.68. The zero-order chi connectivity index (χ0) is 13.3. The van der Waals surface area contributed by atoms with Crippen molar-refractivity contribution in [1.29, 1.82) is 0 Å².